The van der Waals surface area contributed by atoms with Crippen LogP contribution in [0.1, 0.15) is 24.3 Å². The van der Waals surface area contributed by atoms with Crippen LogP contribution in [-0.2, 0) is 0 Å². The van der Waals surface area contributed by atoms with Crippen LogP contribution < -0.4 is 0 Å². The van der Waals surface area contributed by atoms with Gasteiger partial charge in [0.15, 0.2) is 0 Å². The van der Waals surface area contributed by atoms with E-state index in [0.717, 1.165) is 18.7 Å². The minimum Gasteiger partial charge on any atom is -0.127 e. The lowest BCUT2D eigenvalue weighted by atomic mass is 9.97. The van der Waals surface area contributed by atoms with E-state index < -0.39 is 0 Å². The highest BCUT2D eigenvalue weighted by atomic mass is 35.5. The second-order valence-corrected chi connectivity index (χ2v) is 3.78. The first-order valence-corrected chi connectivity index (χ1v) is 5.62. The molecule has 0 heterocycles. The van der Waals surface area contributed by atoms with Gasteiger partial charge in [0.25, 0.3) is 0 Å². The molecule has 13 heavy (non-hydrogen) atoms. The molecule has 0 radical (unpaired) electrons. The van der Waals surface area contributed by atoms with Crippen molar-refractivity contribution >= 4 is 23.2 Å². The van der Waals surface area contributed by atoms with Gasteiger partial charge in [0.05, 0.1) is 0 Å². The molecule has 0 bridgehead atoms. The Morgan fingerprint density at radius 2 is 1.77 bits per heavy atom. The second-order valence-electron chi connectivity index (χ2n) is 3.09. The van der Waals surface area contributed by atoms with Gasteiger partial charge in [-0.1, -0.05) is 30.3 Å². The zero-order chi connectivity index (χ0) is 9.52. The fourth-order valence-electron chi connectivity index (χ4n) is 1.38. The Bertz CT molecular complexity index is 221. The van der Waals surface area contributed by atoms with E-state index in [1.165, 1.54) is 5.56 Å². The largest absolute Gasteiger partial charge is 0.127 e. The summed E-state index contributed by atoms with van der Waals surface area (Å²) in [5.74, 6) is 1.86. The van der Waals surface area contributed by atoms with Gasteiger partial charge in [0.2, 0.25) is 0 Å². The van der Waals surface area contributed by atoms with Crippen LogP contribution in [0.4, 0.5) is 0 Å². The van der Waals surface area contributed by atoms with Gasteiger partial charge in [-0.15, -0.1) is 23.2 Å². The van der Waals surface area contributed by atoms with Gasteiger partial charge in [-0.05, 0) is 24.3 Å². The average Bonchev–Trinajstić information content (AvgIpc) is 2.21. The molecule has 2 heteroatoms. The maximum absolute atomic E-state index is 5.89. The molecule has 0 nitrogen and oxygen atoms in total. The SMILES string of the molecule is ClCCCC(CCl)c1ccccc1. The highest BCUT2D eigenvalue weighted by Crippen LogP contribution is 2.22. The smallest absolute Gasteiger partial charge is 0.0292 e. The average molecular weight is 217 g/mol. The van der Waals surface area contributed by atoms with Crippen LogP contribution in [0.15, 0.2) is 30.3 Å². The summed E-state index contributed by atoms with van der Waals surface area (Å²) in [5.41, 5.74) is 1.32. The third-order valence-electron chi connectivity index (χ3n) is 2.14. The number of hydrogen-bond acceptors (Lipinski definition) is 0. The first-order chi connectivity index (χ1) is 6.38. The van der Waals surface area contributed by atoms with Crippen LogP contribution in [0.2, 0.25) is 0 Å². The third kappa shape index (κ3) is 3.58. The minimum absolute atomic E-state index is 0.460. The lowest BCUT2D eigenvalue weighted by molar-refractivity contribution is 0.673. The standard InChI is InChI=1S/C11H14Cl2/c12-8-4-7-11(9-13)10-5-2-1-3-6-10/h1-3,5-6,11H,4,7-9H2. The van der Waals surface area contributed by atoms with Gasteiger partial charge in [-0.25, -0.2) is 0 Å². The summed E-state index contributed by atoms with van der Waals surface area (Å²) in [6.45, 7) is 0. The summed E-state index contributed by atoms with van der Waals surface area (Å²) in [6.07, 6.45) is 2.12. The van der Waals surface area contributed by atoms with Crippen molar-refractivity contribution in [3.63, 3.8) is 0 Å². The fraction of sp³-hybridized carbons (Fsp3) is 0.455. The molecule has 0 aliphatic rings. The van der Waals surface area contributed by atoms with E-state index in [-0.39, 0.29) is 0 Å². The molecule has 0 aliphatic heterocycles. The van der Waals surface area contributed by atoms with E-state index in [1.54, 1.807) is 0 Å². The van der Waals surface area contributed by atoms with Gasteiger partial charge < -0.3 is 0 Å². The van der Waals surface area contributed by atoms with Crippen molar-refractivity contribution in [2.24, 2.45) is 0 Å². The van der Waals surface area contributed by atoms with Crippen LogP contribution in [0.5, 0.6) is 0 Å². The predicted octanol–water partition coefficient (Wildman–Crippen LogP) is 4.03. The molecule has 0 saturated heterocycles. The molecule has 0 fully saturated rings. The Morgan fingerprint density at radius 3 is 2.31 bits per heavy atom. The Hall–Kier alpha value is -0.200. The molecule has 1 atom stereocenters. The molecule has 1 rings (SSSR count). The van der Waals surface area contributed by atoms with Crippen molar-refractivity contribution in [1.82, 2.24) is 0 Å². The zero-order valence-electron chi connectivity index (χ0n) is 7.55. The number of hydrogen-bond donors (Lipinski definition) is 0. The van der Waals surface area contributed by atoms with E-state index in [4.69, 9.17) is 23.2 Å². The number of benzene rings is 1. The van der Waals surface area contributed by atoms with E-state index in [1.807, 2.05) is 6.07 Å². The topological polar surface area (TPSA) is 0 Å². The predicted molar refractivity (Wildman–Crippen MR) is 59.9 cm³/mol. The maximum Gasteiger partial charge on any atom is 0.0292 e. The molecule has 0 amide bonds. The van der Waals surface area contributed by atoms with Gasteiger partial charge >= 0.3 is 0 Å². The Morgan fingerprint density at radius 1 is 1.08 bits per heavy atom. The summed E-state index contributed by atoms with van der Waals surface area (Å²) in [5, 5.41) is 0. The van der Waals surface area contributed by atoms with Gasteiger partial charge in [0.1, 0.15) is 0 Å². The summed E-state index contributed by atoms with van der Waals surface area (Å²) < 4.78 is 0. The molecule has 0 aromatic heterocycles. The van der Waals surface area contributed by atoms with Crippen molar-refractivity contribution < 1.29 is 0 Å². The second kappa shape index (κ2) is 6.28. The summed E-state index contributed by atoms with van der Waals surface area (Å²) in [6, 6.07) is 10.4. The molecule has 1 aromatic rings. The molecule has 0 aliphatic carbocycles. The van der Waals surface area contributed by atoms with Crippen molar-refractivity contribution in [3.8, 4) is 0 Å². The van der Waals surface area contributed by atoms with Gasteiger partial charge in [-0.2, -0.15) is 0 Å². The molecule has 0 saturated carbocycles. The molecular formula is C11H14Cl2. The zero-order valence-corrected chi connectivity index (χ0v) is 9.06. The first-order valence-electron chi connectivity index (χ1n) is 4.55. The van der Waals surface area contributed by atoms with Gasteiger partial charge in [0, 0.05) is 11.8 Å². The summed E-state index contributed by atoms with van der Waals surface area (Å²) in [4.78, 5) is 0. The van der Waals surface area contributed by atoms with Gasteiger partial charge in [-0.3, -0.25) is 0 Å². The van der Waals surface area contributed by atoms with Crippen LogP contribution in [0.3, 0.4) is 0 Å². The van der Waals surface area contributed by atoms with E-state index in [9.17, 15) is 0 Å². The van der Waals surface area contributed by atoms with Crippen molar-refractivity contribution in [1.29, 1.82) is 0 Å². The minimum atomic E-state index is 0.460. The Balaban J connectivity index is 2.56. The molecular weight excluding hydrogens is 203 g/mol. The third-order valence-corrected chi connectivity index (χ3v) is 2.78. The van der Waals surface area contributed by atoms with Crippen LogP contribution in [0.25, 0.3) is 0 Å². The number of alkyl halides is 2. The highest BCUT2D eigenvalue weighted by molar-refractivity contribution is 6.18. The maximum atomic E-state index is 5.89. The lowest BCUT2D eigenvalue weighted by Crippen LogP contribution is -2.00. The van der Waals surface area contributed by atoms with Crippen LogP contribution in [0, 0.1) is 0 Å². The lowest BCUT2D eigenvalue weighted by Gasteiger charge is -2.12. The number of halogens is 2. The Kier molecular flexibility index (Phi) is 5.26. The molecule has 72 valence electrons. The van der Waals surface area contributed by atoms with E-state index in [0.29, 0.717) is 11.8 Å². The molecule has 0 N–H and O–H groups in total. The summed E-state index contributed by atoms with van der Waals surface area (Å²) in [7, 11) is 0. The normalized spacial score (nSPS) is 12.8. The quantitative estimate of drug-likeness (QED) is 0.653. The van der Waals surface area contributed by atoms with Crippen LogP contribution >= 0.6 is 23.2 Å². The monoisotopic (exact) mass is 216 g/mol. The molecule has 0 spiro atoms. The van der Waals surface area contributed by atoms with Crippen molar-refractivity contribution in [2.45, 2.75) is 18.8 Å². The Labute approximate surface area is 89.9 Å². The summed E-state index contributed by atoms with van der Waals surface area (Å²) >= 11 is 11.5. The fourth-order valence-corrected chi connectivity index (χ4v) is 1.87. The highest BCUT2D eigenvalue weighted by Gasteiger charge is 2.08. The number of rotatable bonds is 5. The molecule has 1 aromatic carbocycles. The van der Waals surface area contributed by atoms with Crippen molar-refractivity contribution in [3.05, 3.63) is 35.9 Å². The van der Waals surface area contributed by atoms with E-state index in [2.05, 4.69) is 24.3 Å². The van der Waals surface area contributed by atoms with Crippen molar-refractivity contribution in [2.75, 3.05) is 11.8 Å². The van der Waals surface area contributed by atoms with Crippen LogP contribution in [-0.4, -0.2) is 11.8 Å². The first kappa shape index (κ1) is 10.9. The molecule has 1 unspecified atom stereocenters. The van der Waals surface area contributed by atoms with E-state index >= 15 is 0 Å².